The molecule has 1 aromatic rings. The highest BCUT2D eigenvalue weighted by Crippen LogP contribution is 2.21. The minimum atomic E-state index is -0.0109. The zero-order valence-corrected chi connectivity index (χ0v) is 12.6. The van der Waals surface area contributed by atoms with E-state index in [9.17, 15) is 9.59 Å². The number of hydrogen-bond donors (Lipinski definition) is 0. The van der Waals surface area contributed by atoms with Gasteiger partial charge in [0, 0.05) is 44.7 Å². The van der Waals surface area contributed by atoms with E-state index in [1.165, 1.54) is 0 Å². The summed E-state index contributed by atoms with van der Waals surface area (Å²) >= 11 is 0. The molecule has 114 valence electrons. The SMILES string of the molecule is COCCCC(=O)C1CCCN(C(=O)c2ccccc2)C1. The average molecular weight is 289 g/mol. The number of amides is 1. The Morgan fingerprint density at radius 2 is 2.05 bits per heavy atom. The first-order valence-electron chi connectivity index (χ1n) is 7.58. The highest BCUT2D eigenvalue weighted by atomic mass is 16.5. The van der Waals surface area contributed by atoms with Crippen LogP contribution in [0.1, 0.15) is 36.0 Å². The number of likely N-dealkylation sites (tertiary alicyclic amines) is 1. The molecule has 1 amide bonds. The molecule has 1 aliphatic rings. The molecular weight excluding hydrogens is 266 g/mol. The summed E-state index contributed by atoms with van der Waals surface area (Å²) in [6.07, 6.45) is 3.11. The van der Waals surface area contributed by atoms with Crippen molar-refractivity contribution in [3.63, 3.8) is 0 Å². The van der Waals surface area contributed by atoms with Gasteiger partial charge in [-0.05, 0) is 31.4 Å². The molecule has 2 rings (SSSR count). The Labute approximate surface area is 126 Å². The molecule has 1 saturated heterocycles. The third kappa shape index (κ3) is 4.39. The number of ketones is 1. The Kier molecular flexibility index (Phi) is 5.93. The number of Topliss-reactive ketones (excluding diaryl/α,β-unsaturated/α-hetero) is 1. The van der Waals surface area contributed by atoms with Crippen LogP contribution >= 0.6 is 0 Å². The van der Waals surface area contributed by atoms with Gasteiger partial charge in [-0.1, -0.05) is 18.2 Å². The molecule has 1 atom stereocenters. The maximum Gasteiger partial charge on any atom is 0.253 e. The van der Waals surface area contributed by atoms with Gasteiger partial charge in [-0.2, -0.15) is 0 Å². The Bertz CT molecular complexity index is 472. The standard InChI is InChI=1S/C17H23NO3/c1-21-12-6-10-16(19)15-9-5-11-18(13-15)17(20)14-7-3-2-4-8-14/h2-4,7-8,15H,5-6,9-13H2,1H3. The van der Waals surface area contributed by atoms with Crippen LogP contribution in [-0.2, 0) is 9.53 Å². The smallest absolute Gasteiger partial charge is 0.253 e. The van der Waals surface area contributed by atoms with Crippen LogP contribution in [0.25, 0.3) is 0 Å². The van der Waals surface area contributed by atoms with Crippen LogP contribution in [-0.4, -0.2) is 43.4 Å². The monoisotopic (exact) mass is 289 g/mol. The minimum Gasteiger partial charge on any atom is -0.385 e. The maximum absolute atomic E-state index is 12.4. The number of benzene rings is 1. The molecule has 0 aliphatic carbocycles. The van der Waals surface area contributed by atoms with E-state index in [0.29, 0.717) is 25.1 Å². The van der Waals surface area contributed by atoms with Gasteiger partial charge in [0.15, 0.2) is 0 Å². The lowest BCUT2D eigenvalue weighted by atomic mass is 9.91. The Hall–Kier alpha value is -1.68. The van der Waals surface area contributed by atoms with Gasteiger partial charge in [0.2, 0.25) is 0 Å². The van der Waals surface area contributed by atoms with Crippen LogP contribution in [0.4, 0.5) is 0 Å². The molecule has 1 aromatic carbocycles. The van der Waals surface area contributed by atoms with E-state index in [-0.39, 0.29) is 17.6 Å². The molecular formula is C17H23NO3. The molecule has 1 heterocycles. The second kappa shape index (κ2) is 7.93. The number of nitrogens with zero attached hydrogens (tertiary/aromatic N) is 1. The van der Waals surface area contributed by atoms with Crippen molar-refractivity contribution >= 4 is 11.7 Å². The minimum absolute atomic E-state index is 0.0109. The number of methoxy groups -OCH3 is 1. The fourth-order valence-corrected chi connectivity index (χ4v) is 2.78. The third-order valence-corrected chi connectivity index (χ3v) is 3.96. The third-order valence-electron chi connectivity index (χ3n) is 3.96. The van der Waals surface area contributed by atoms with E-state index in [1.54, 1.807) is 7.11 Å². The number of carbonyl (C=O) groups is 2. The Balaban J connectivity index is 1.91. The molecule has 0 aromatic heterocycles. The highest BCUT2D eigenvalue weighted by molar-refractivity contribution is 5.94. The van der Waals surface area contributed by atoms with Crippen molar-refractivity contribution in [2.75, 3.05) is 26.8 Å². The summed E-state index contributed by atoms with van der Waals surface area (Å²) in [5, 5.41) is 0. The number of piperidine rings is 1. The van der Waals surface area contributed by atoms with E-state index < -0.39 is 0 Å². The first-order chi connectivity index (χ1) is 10.2. The molecule has 0 saturated carbocycles. The van der Waals surface area contributed by atoms with E-state index in [1.807, 2.05) is 35.2 Å². The molecule has 1 unspecified atom stereocenters. The van der Waals surface area contributed by atoms with Gasteiger partial charge < -0.3 is 9.64 Å². The molecule has 1 fully saturated rings. The Morgan fingerprint density at radius 3 is 2.76 bits per heavy atom. The van der Waals surface area contributed by atoms with Gasteiger partial charge in [-0.25, -0.2) is 0 Å². The van der Waals surface area contributed by atoms with Crippen LogP contribution in [0.2, 0.25) is 0 Å². The molecule has 21 heavy (non-hydrogen) atoms. The lowest BCUT2D eigenvalue weighted by Gasteiger charge is -2.32. The predicted molar refractivity (Wildman–Crippen MR) is 81.2 cm³/mol. The molecule has 0 spiro atoms. The summed E-state index contributed by atoms with van der Waals surface area (Å²) in [5.41, 5.74) is 0.699. The number of carbonyl (C=O) groups excluding carboxylic acids is 2. The van der Waals surface area contributed by atoms with Gasteiger partial charge in [0.1, 0.15) is 5.78 Å². The molecule has 0 N–H and O–H groups in total. The van der Waals surface area contributed by atoms with Crippen molar-refractivity contribution in [1.29, 1.82) is 0 Å². The van der Waals surface area contributed by atoms with Crippen LogP contribution in [0.15, 0.2) is 30.3 Å². The summed E-state index contributed by atoms with van der Waals surface area (Å²) in [6, 6.07) is 9.28. The lowest BCUT2D eigenvalue weighted by molar-refractivity contribution is -0.124. The predicted octanol–water partition coefficient (Wildman–Crippen LogP) is 2.53. The van der Waals surface area contributed by atoms with Gasteiger partial charge in [-0.3, -0.25) is 9.59 Å². The molecule has 0 radical (unpaired) electrons. The Morgan fingerprint density at radius 1 is 1.29 bits per heavy atom. The fourth-order valence-electron chi connectivity index (χ4n) is 2.78. The maximum atomic E-state index is 12.4. The normalized spacial score (nSPS) is 18.5. The van der Waals surface area contributed by atoms with Crippen molar-refractivity contribution < 1.29 is 14.3 Å². The largest absolute Gasteiger partial charge is 0.385 e. The molecule has 4 heteroatoms. The topological polar surface area (TPSA) is 46.6 Å². The second-order valence-electron chi connectivity index (χ2n) is 5.52. The number of ether oxygens (including phenoxy) is 1. The summed E-state index contributed by atoms with van der Waals surface area (Å²) in [5.74, 6) is 0.283. The highest BCUT2D eigenvalue weighted by Gasteiger charge is 2.28. The fraction of sp³-hybridized carbons (Fsp3) is 0.529. The quantitative estimate of drug-likeness (QED) is 0.756. The van der Waals surface area contributed by atoms with Gasteiger partial charge in [-0.15, -0.1) is 0 Å². The second-order valence-corrected chi connectivity index (χ2v) is 5.52. The molecule has 0 bridgehead atoms. The van der Waals surface area contributed by atoms with Crippen molar-refractivity contribution in [2.45, 2.75) is 25.7 Å². The van der Waals surface area contributed by atoms with E-state index in [4.69, 9.17) is 4.74 Å². The zero-order chi connectivity index (χ0) is 15.1. The van der Waals surface area contributed by atoms with E-state index in [2.05, 4.69) is 0 Å². The summed E-state index contributed by atoms with van der Waals surface area (Å²) in [4.78, 5) is 26.4. The number of hydrogen-bond acceptors (Lipinski definition) is 3. The van der Waals surface area contributed by atoms with Crippen LogP contribution < -0.4 is 0 Å². The van der Waals surface area contributed by atoms with Crippen LogP contribution in [0.3, 0.4) is 0 Å². The number of rotatable bonds is 6. The van der Waals surface area contributed by atoms with Crippen molar-refractivity contribution in [3.05, 3.63) is 35.9 Å². The van der Waals surface area contributed by atoms with Gasteiger partial charge in [0.25, 0.3) is 5.91 Å². The van der Waals surface area contributed by atoms with Gasteiger partial charge >= 0.3 is 0 Å². The van der Waals surface area contributed by atoms with Crippen molar-refractivity contribution in [3.8, 4) is 0 Å². The summed E-state index contributed by atoms with van der Waals surface area (Å²) < 4.78 is 4.98. The summed E-state index contributed by atoms with van der Waals surface area (Å²) in [6.45, 7) is 1.92. The molecule has 1 aliphatic heterocycles. The van der Waals surface area contributed by atoms with Crippen molar-refractivity contribution in [1.82, 2.24) is 4.90 Å². The lowest BCUT2D eigenvalue weighted by Crippen LogP contribution is -2.42. The zero-order valence-electron chi connectivity index (χ0n) is 12.6. The summed E-state index contributed by atoms with van der Waals surface area (Å²) in [7, 11) is 1.64. The van der Waals surface area contributed by atoms with Crippen LogP contribution in [0.5, 0.6) is 0 Å². The van der Waals surface area contributed by atoms with E-state index in [0.717, 1.165) is 25.8 Å². The first kappa shape index (κ1) is 15.7. The van der Waals surface area contributed by atoms with Crippen LogP contribution in [0, 0.1) is 5.92 Å². The van der Waals surface area contributed by atoms with Gasteiger partial charge in [0.05, 0.1) is 0 Å². The average Bonchev–Trinajstić information content (AvgIpc) is 2.55. The van der Waals surface area contributed by atoms with Crippen molar-refractivity contribution in [2.24, 2.45) is 5.92 Å². The molecule has 4 nitrogen and oxygen atoms in total. The first-order valence-corrected chi connectivity index (χ1v) is 7.58. The van der Waals surface area contributed by atoms with E-state index >= 15 is 0 Å².